The highest BCUT2D eigenvalue weighted by Crippen LogP contribution is 2.10. The van der Waals surface area contributed by atoms with Gasteiger partial charge in [-0.2, -0.15) is 0 Å². The zero-order valence-electron chi connectivity index (χ0n) is 12.8. The Hall–Kier alpha value is -1.30. The molecular formula is C14H27N3O3. The van der Waals surface area contributed by atoms with E-state index in [2.05, 4.69) is 18.7 Å². The first-order valence-corrected chi connectivity index (χ1v) is 7.41. The third-order valence-electron chi connectivity index (χ3n) is 4.01. The van der Waals surface area contributed by atoms with Crippen LogP contribution in [0.2, 0.25) is 0 Å². The van der Waals surface area contributed by atoms with E-state index < -0.39 is 5.97 Å². The minimum absolute atomic E-state index is 0.0131. The Kier molecular flexibility index (Phi) is 6.78. The fourth-order valence-corrected chi connectivity index (χ4v) is 2.42. The van der Waals surface area contributed by atoms with E-state index in [1.807, 2.05) is 4.90 Å². The summed E-state index contributed by atoms with van der Waals surface area (Å²) in [6.45, 7) is 8.25. The number of amides is 2. The number of carbonyl (C=O) groups is 2. The average molecular weight is 285 g/mol. The number of urea groups is 1. The van der Waals surface area contributed by atoms with E-state index in [-0.39, 0.29) is 12.5 Å². The van der Waals surface area contributed by atoms with Gasteiger partial charge in [0.15, 0.2) is 0 Å². The molecule has 6 heteroatoms. The molecule has 6 nitrogen and oxygen atoms in total. The number of hydrogen-bond acceptors (Lipinski definition) is 3. The lowest BCUT2D eigenvalue weighted by Gasteiger charge is -2.39. The molecule has 1 rings (SSSR count). The van der Waals surface area contributed by atoms with Gasteiger partial charge >= 0.3 is 12.0 Å². The van der Waals surface area contributed by atoms with Crippen LogP contribution < -0.4 is 0 Å². The van der Waals surface area contributed by atoms with Crippen LogP contribution >= 0.6 is 0 Å². The van der Waals surface area contributed by atoms with E-state index >= 15 is 0 Å². The van der Waals surface area contributed by atoms with E-state index in [9.17, 15) is 9.59 Å². The molecule has 1 atom stereocenters. The van der Waals surface area contributed by atoms with Gasteiger partial charge in [-0.3, -0.25) is 9.69 Å². The first kappa shape index (κ1) is 16.8. The average Bonchev–Trinajstić information content (AvgIpc) is 2.45. The molecule has 1 heterocycles. The van der Waals surface area contributed by atoms with Crippen molar-refractivity contribution < 1.29 is 14.7 Å². The molecule has 0 bridgehead atoms. The SMILES string of the molecule is CCC(C)N1CCN(C(=O)N(C)CCCC(=O)O)CC1. The van der Waals surface area contributed by atoms with E-state index in [1.165, 1.54) is 0 Å². The molecule has 1 unspecified atom stereocenters. The number of piperazine rings is 1. The molecule has 0 aliphatic carbocycles. The molecule has 0 aromatic rings. The van der Waals surface area contributed by atoms with Crippen LogP contribution in [0.1, 0.15) is 33.1 Å². The van der Waals surface area contributed by atoms with E-state index in [1.54, 1.807) is 11.9 Å². The summed E-state index contributed by atoms with van der Waals surface area (Å²) in [6.07, 6.45) is 1.74. The highest BCUT2D eigenvalue weighted by molar-refractivity contribution is 5.74. The highest BCUT2D eigenvalue weighted by Gasteiger charge is 2.25. The van der Waals surface area contributed by atoms with Gasteiger partial charge in [0.1, 0.15) is 0 Å². The summed E-state index contributed by atoms with van der Waals surface area (Å²) in [7, 11) is 1.74. The molecule has 1 saturated heterocycles. The zero-order valence-corrected chi connectivity index (χ0v) is 12.8. The zero-order chi connectivity index (χ0) is 15.1. The topological polar surface area (TPSA) is 64.1 Å². The van der Waals surface area contributed by atoms with Crippen molar-refractivity contribution in [1.82, 2.24) is 14.7 Å². The number of carboxylic acid groups (broad SMARTS) is 1. The second kappa shape index (κ2) is 8.09. The third kappa shape index (κ3) is 5.00. The second-order valence-electron chi connectivity index (χ2n) is 5.48. The van der Waals surface area contributed by atoms with Gasteiger partial charge in [0.2, 0.25) is 0 Å². The molecule has 0 spiro atoms. The quantitative estimate of drug-likeness (QED) is 0.799. The van der Waals surface area contributed by atoms with Gasteiger partial charge in [0.25, 0.3) is 0 Å². The van der Waals surface area contributed by atoms with E-state index in [0.29, 0.717) is 19.0 Å². The number of carboxylic acids is 1. The van der Waals surface area contributed by atoms with Crippen molar-refractivity contribution in [2.24, 2.45) is 0 Å². The Morgan fingerprint density at radius 1 is 1.25 bits per heavy atom. The first-order chi connectivity index (χ1) is 9.45. The van der Waals surface area contributed by atoms with Gasteiger partial charge in [0, 0.05) is 52.2 Å². The molecule has 1 N–H and O–H groups in total. The fourth-order valence-electron chi connectivity index (χ4n) is 2.42. The van der Waals surface area contributed by atoms with Crippen LogP contribution in [0.4, 0.5) is 4.79 Å². The van der Waals surface area contributed by atoms with Crippen molar-refractivity contribution >= 4 is 12.0 Å². The maximum atomic E-state index is 12.2. The van der Waals surface area contributed by atoms with Gasteiger partial charge in [-0.15, -0.1) is 0 Å². The van der Waals surface area contributed by atoms with Gasteiger partial charge in [-0.1, -0.05) is 6.92 Å². The summed E-state index contributed by atoms with van der Waals surface area (Å²) in [5.74, 6) is -0.812. The maximum Gasteiger partial charge on any atom is 0.319 e. The second-order valence-corrected chi connectivity index (χ2v) is 5.48. The van der Waals surface area contributed by atoms with Gasteiger partial charge in [-0.25, -0.2) is 4.79 Å². The summed E-state index contributed by atoms with van der Waals surface area (Å²) in [4.78, 5) is 28.6. The molecular weight excluding hydrogens is 258 g/mol. The van der Waals surface area contributed by atoms with E-state index in [0.717, 1.165) is 32.6 Å². The molecule has 20 heavy (non-hydrogen) atoms. The van der Waals surface area contributed by atoms with Crippen LogP contribution in [0.25, 0.3) is 0 Å². The standard InChI is InChI=1S/C14H27N3O3/c1-4-12(2)16-8-10-17(11-9-16)14(20)15(3)7-5-6-13(18)19/h12H,4-11H2,1-3H3,(H,18,19). The van der Waals surface area contributed by atoms with E-state index in [4.69, 9.17) is 5.11 Å². The van der Waals surface area contributed by atoms with Crippen molar-refractivity contribution in [1.29, 1.82) is 0 Å². The lowest BCUT2D eigenvalue weighted by molar-refractivity contribution is -0.137. The summed E-state index contributed by atoms with van der Waals surface area (Å²) < 4.78 is 0. The molecule has 1 aliphatic rings. The Labute approximate surface area is 121 Å². The maximum absolute atomic E-state index is 12.2. The number of rotatable bonds is 6. The highest BCUT2D eigenvalue weighted by atomic mass is 16.4. The largest absolute Gasteiger partial charge is 0.481 e. The van der Waals surface area contributed by atoms with Crippen molar-refractivity contribution in [3.63, 3.8) is 0 Å². The van der Waals surface area contributed by atoms with Gasteiger partial charge in [-0.05, 0) is 19.8 Å². The Bertz CT molecular complexity index is 328. The minimum Gasteiger partial charge on any atom is -0.481 e. The molecule has 0 radical (unpaired) electrons. The van der Waals surface area contributed by atoms with Crippen molar-refractivity contribution in [3.8, 4) is 0 Å². The Morgan fingerprint density at radius 3 is 2.35 bits per heavy atom. The molecule has 116 valence electrons. The Balaban J connectivity index is 2.32. The van der Waals surface area contributed by atoms with Gasteiger partial charge < -0.3 is 14.9 Å². The monoisotopic (exact) mass is 285 g/mol. The number of carbonyl (C=O) groups excluding carboxylic acids is 1. The molecule has 2 amide bonds. The van der Waals surface area contributed by atoms with Crippen molar-refractivity contribution in [2.75, 3.05) is 39.8 Å². The van der Waals surface area contributed by atoms with Crippen molar-refractivity contribution in [2.45, 2.75) is 39.2 Å². The molecule has 0 aromatic heterocycles. The normalized spacial score (nSPS) is 17.9. The van der Waals surface area contributed by atoms with Crippen LogP contribution in [0.5, 0.6) is 0 Å². The Morgan fingerprint density at radius 2 is 1.85 bits per heavy atom. The molecule has 1 aliphatic heterocycles. The molecule has 0 aromatic carbocycles. The first-order valence-electron chi connectivity index (χ1n) is 7.41. The number of hydrogen-bond donors (Lipinski definition) is 1. The molecule has 1 fully saturated rings. The van der Waals surface area contributed by atoms with Crippen LogP contribution in [0.3, 0.4) is 0 Å². The number of aliphatic carboxylic acids is 1. The number of nitrogens with zero attached hydrogens (tertiary/aromatic N) is 3. The smallest absolute Gasteiger partial charge is 0.319 e. The van der Waals surface area contributed by atoms with Crippen molar-refractivity contribution in [3.05, 3.63) is 0 Å². The van der Waals surface area contributed by atoms with Crippen LogP contribution in [-0.2, 0) is 4.79 Å². The van der Waals surface area contributed by atoms with Crippen LogP contribution in [0, 0.1) is 0 Å². The van der Waals surface area contributed by atoms with Crippen LogP contribution in [0.15, 0.2) is 0 Å². The van der Waals surface area contributed by atoms with Gasteiger partial charge in [0.05, 0.1) is 0 Å². The predicted octanol–water partition coefficient (Wildman–Crippen LogP) is 1.32. The summed E-state index contributed by atoms with van der Waals surface area (Å²) in [5.41, 5.74) is 0. The molecule has 0 saturated carbocycles. The minimum atomic E-state index is -0.812. The van der Waals surface area contributed by atoms with Crippen LogP contribution in [-0.4, -0.2) is 77.6 Å². The fraction of sp³-hybridized carbons (Fsp3) is 0.857. The lowest BCUT2D eigenvalue weighted by Crippen LogP contribution is -2.54. The predicted molar refractivity (Wildman–Crippen MR) is 77.8 cm³/mol. The summed E-state index contributed by atoms with van der Waals surface area (Å²) in [5, 5.41) is 8.60. The summed E-state index contributed by atoms with van der Waals surface area (Å²) >= 11 is 0. The summed E-state index contributed by atoms with van der Waals surface area (Å²) in [6, 6.07) is 0.583. The third-order valence-corrected chi connectivity index (χ3v) is 4.01. The lowest BCUT2D eigenvalue weighted by atomic mass is 10.2.